The van der Waals surface area contributed by atoms with Gasteiger partial charge in [-0.3, -0.25) is 9.47 Å². The van der Waals surface area contributed by atoms with Crippen molar-refractivity contribution >= 4 is 11.2 Å². The van der Waals surface area contributed by atoms with E-state index in [9.17, 15) is 4.39 Å². The van der Waals surface area contributed by atoms with Crippen molar-refractivity contribution in [3.8, 4) is 5.69 Å². The van der Waals surface area contributed by atoms with Gasteiger partial charge in [-0.1, -0.05) is 0 Å². The highest BCUT2D eigenvalue weighted by molar-refractivity contribution is 5.74. The average molecular weight is 296 g/mol. The van der Waals surface area contributed by atoms with Crippen LogP contribution in [-0.4, -0.2) is 33.0 Å². The zero-order chi connectivity index (χ0) is 15.1. The fourth-order valence-corrected chi connectivity index (χ4v) is 3.23. The molecule has 1 saturated heterocycles. The quantitative estimate of drug-likeness (QED) is 0.727. The van der Waals surface area contributed by atoms with Crippen LogP contribution in [0.4, 0.5) is 4.39 Å². The van der Waals surface area contributed by atoms with Crippen LogP contribution < -0.4 is 0 Å². The number of hydrogen-bond donors (Lipinski definition) is 0. The molecule has 1 aliphatic heterocycles. The number of aromatic nitrogens is 3. The highest BCUT2D eigenvalue weighted by Crippen LogP contribution is 2.33. The van der Waals surface area contributed by atoms with E-state index in [1.54, 1.807) is 18.3 Å². The van der Waals surface area contributed by atoms with Gasteiger partial charge in [0.1, 0.15) is 17.2 Å². The summed E-state index contributed by atoms with van der Waals surface area (Å²) in [6.45, 7) is 1.07. The maximum absolute atomic E-state index is 13.3. The van der Waals surface area contributed by atoms with E-state index in [0.717, 1.165) is 35.6 Å². The summed E-state index contributed by atoms with van der Waals surface area (Å²) >= 11 is 0. The molecule has 22 heavy (non-hydrogen) atoms. The van der Waals surface area contributed by atoms with Gasteiger partial charge in [0.05, 0.1) is 6.04 Å². The molecule has 1 atom stereocenters. The van der Waals surface area contributed by atoms with Crippen LogP contribution in [0.25, 0.3) is 16.9 Å². The van der Waals surface area contributed by atoms with Crippen molar-refractivity contribution in [3.63, 3.8) is 0 Å². The lowest BCUT2D eigenvalue weighted by Gasteiger charge is -2.20. The smallest absolute Gasteiger partial charge is 0.164 e. The molecule has 3 aromatic rings. The number of imidazole rings is 1. The Morgan fingerprint density at radius 2 is 2.00 bits per heavy atom. The fourth-order valence-electron chi connectivity index (χ4n) is 3.23. The van der Waals surface area contributed by atoms with Gasteiger partial charge in [0.25, 0.3) is 0 Å². The van der Waals surface area contributed by atoms with Crippen molar-refractivity contribution in [2.45, 2.75) is 18.9 Å². The van der Waals surface area contributed by atoms with Crippen LogP contribution in [0.15, 0.2) is 42.6 Å². The molecule has 5 heteroatoms. The van der Waals surface area contributed by atoms with Crippen molar-refractivity contribution < 1.29 is 4.39 Å². The second kappa shape index (κ2) is 5.18. The minimum atomic E-state index is -0.235. The molecule has 112 valence electrons. The van der Waals surface area contributed by atoms with Gasteiger partial charge >= 0.3 is 0 Å². The molecule has 1 unspecified atom stereocenters. The van der Waals surface area contributed by atoms with Crippen LogP contribution in [-0.2, 0) is 0 Å². The van der Waals surface area contributed by atoms with Gasteiger partial charge in [0.2, 0.25) is 0 Å². The number of nitrogens with zero attached hydrogens (tertiary/aromatic N) is 4. The van der Waals surface area contributed by atoms with Gasteiger partial charge < -0.3 is 0 Å². The Bertz CT molecular complexity index is 809. The number of benzene rings is 1. The van der Waals surface area contributed by atoms with Crippen LogP contribution in [0.1, 0.15) is 24.7 Å². The molecule has 1 aromatic carbocycles. The molecule has 0 saturated carbocycles. The van der Waals surface area contributed by atoms with Crippen molar-refractivity contribution in [2.75, 3.05) is 13.6 Å². The Hall–Kier alpha value is -2.27. The van der Waals surface area contributed by atoms with Gasteiger partial charge in [-0.05, 0) is 62.8 Å². The van der Waals surface area contributed by atoms with E-state index >= 15 is 0 Å². The molecule has 0 aliphatic carbocycles. The first-order valence-corrected chi connectivity index (χ1v) is 7.53. The predicted molar refractivity (Wildman–Crippen MR) is 83.4 cm³/mol. The molecule has 0 spiro atoms. The predicted octanol–water partition coefficient (Wildman–Crippen LogP) is 3.33. The number of halogens is 1. The largest absolute Gasteiger partial charge is 0.297 e. The average Bonchev–Trinajstić information content (AvgIpc) is 3.11. The SMILES string of the molecule is CN1CCCC1c1nc2cccnc2n1-c1ccc(F)cc1. The standard InChI is InChI=1S/C17H17FN4/c1-21-11-3-5-15(21)17-20-14-4-2-10-19-16(14)22(17)13-8-6-12(18)7-9-13/h2,4,6-10,15H,3,5,11H2,1H3. The third-order valence-electron chi connectivity index (χ3n) is 4.35. The molecule has 0 bridgehead atoms. The zero-order valence-corrected chi connectivity index (χ0v) is 12.4. The first kappa shape index (κ1) is 13.4. The van der Waals surface area contributed by atoms with E-state index in [2.05, 4.69) is 21.5 Å². The first-order valence-electron chi connectivity index (χ1n) is 7.53. The van der Waals surface area contributed by atoms with Crippen molar-refractivity contribution in [1.82, 2.24) is 19.4 Å². The van der Waals surface area contributed by atoms with Crippen LogP contribution in [0.3, 0.4) is 0 Å². The summed E-state index contributed by atoms with van der Waals surface area (Å²) in [5, 5.41) is 0. The summed E-state index contributed by atoms with van der Waals surface area (Å²) < 4.78 is 15.3. The van der Waals surface area contributed by atoms with E-state index in [-0.39, 0.29) is 11.9 Å². The molecular formula is C17H17FN4. The second-order valence-electron chi connectivity index (χ2n) is 5.77. The Kier molecular flexibility index (Phi) is 3.15. The molecule has 0 N–H and O–H groups in total. The van der Waals surface area contributed by atoms with Gasteiger partial charge in [0, 0.05) is 11.9 Å². The second-order valence-corrected chi connectivity index (χ2v) is 5.77. The van der Waals surface area contributed by atoms with Crippen molar-refractivity contribution in [3.05, 3.63) is 54.2 Å². The molecule has 3 heterocycles. The Labute approximate surface area is 128 Å². The zero-order valence-electron chi connectivity index (χ0n) is 12.4. The van der Waals surface area contributed by atoms with Crippen LogP contribution in [0.2, 0.25) is 0 Å². The summed E-state index contributed by atoms with van der Waals surface area (Å²) in [4.78, 5) is 11.6. The number of fused-ring (bicyclic) bond motifs is 1. The molecule has 4 rings (SSSR count). The van der Waals surface area contributed by atoms with Gasteiger partial charge in [-0.25, -0.2) is 14.4 Å². The highest BCUT2D eigenvalue weighted by Gasteiger charge is 2.28. The first-order chi connectivity index (χ1) is 10.7. The van der Waals surface area contributed by atoms with Gasteiger partial charge in [-0.15, -0.1) is 0 Å². The topological polar surface area (TPSA) is 34.0 Å². The highest BCUT2D eigenvalue weighted by atomic mass is 19.1. The lowest BCUT2D eigenvalue weighted by Crippen LogP contribution is -2.20. The number of rotatable bonds is 2. The maximum atomic E-state index is 13.3. The molecule has 4 nitrogen and oxygen atoms in total. The summed E-state index contributed by atoms with van der Waals surface area (Å²) in [5.74, 6) is 0.751. The van der Waals surface area contributed by atoms with Crippen molar-refractivity contribution in [2.24, 2.45) is 0 Å². The minimum Gasteiger partial charge on any atom is -0.297 e. The molecule has 1 fully saturated rings. The Morgan fingerprint density at radius 1 is 1.18 bits per heavy atom. The third-order valence-corrected chi connectivity index (χ3v) is 4.35. The summed E-state index contributed by atoms with van der Waals surface area (Å²) in [7, 11) is 2.12. The fraction of sp³-hybridized carbons (Fsp3) is 0.294. The lowest BCUT2D eigenvalue weighted by molar-refractivity contribution is 0.304. The van der Waals surface area contributed by atoms with Crippen molar-refractivity contribution in [1.29, 1.82) is 0 Å². The lowest BCUT2D eigenvalue weighted by atomic mass is 10.2. The Morgan fingerprint density at radius 3 is 2.73 bits per heavy atom. The van der Waals surface area contributed by atoms with Crippen LogP contribution in [0.5, 0.6) is 0 Å². The van der Waals surface area contributed by atoms with Crippen LogP contribution >= 0.6 is 0 Å². The van der Waals surface area contributed by atoms with Gasteiger partial charge in [-0.2, -0.15) is 0 Å². The number of hydrogen-bond acceptors (Lipinski definition) is 3. The third kappa shape index (κ3) is 2.09. The van der Waals surface area contributed by atoms with Gasteiger partial charge in [0.15, 0.2) is 5.65 Å². The Balaban J connectivity index is 1.95. The van der Waals surface area contributed by atoms with E-state index in [0.29, 0.717) is 0 Å². The monoisotopic (exact) mass is 296 g/mol. The molecule has 2 aromatic heterocycles. The van der Waals surface area contributed by atoms with Crippen LogP contribution in [0, 0.1) is 5.82 Å². The van der Waals surface area contributed by atoms with E-state index in [1.807, 2.05) is 12.1 Å². The van der Waals surface area contributed by atoms with E-state index < -0.39 is 0 Å². The summed E-state index contributed by atoms with van der Waals surface area (Å²) in [5.41, 5.74) is 2.60. The normalized spacial score (nSPS) is 19.1. The number of likely N-dealkylation sites (tertiary alicyclic amines) is 1. The molecule has 1 aliphatic rings. The van der Waals surface area contributed by atoms with E-state index in [1.165, 1.54) is 18.6 Å². The minimum absolute atomic E-state index is 0.235. The molecular weight excluding hydrogens is 279 g/mol. The number of pyridine rings is 1. The summed E-state index contributed by atoms with van der Waals surface area (Å²) in [6.07, 6.45) is 4.02. The molecule has 0 amide bonds. The van der Waals surface area contributed by atoms with E-state index in [4.69, 9.17) is 4.98 Å². The molecule has 0 radical (unpaired) electrons. The summed E-state index contributed by atoms with van der Waals surface area (Å²) in [6, 6.07) is 10.7. The maximum Gasteiger partial charge on any atom is 0.164 e.